The first kappa shape index (κ1) is 15.6. The molecule has 0 spiro atoms. The molecule has 1 aromatic rings. The van der Waals surface area contributed by atoms with E-state index in [1.54, 1.807) is 0 Å². The molecule has 0 amide bonds. The number of ether oxygens (including phenoxy) is 3. The van der Waals surface area contributed by atoms with Crippen LogP contribution in [0, 0.1) is 0 Å². The summed E-state index contributed by atoms with van der Waals surface area (Å²) in [5.41, 5.74) is 0.888. The second-order valence-corrected chi connectivity index (χ2v) is 6.22. The van der Waals surface area contributed by atoms with E-state index in [1.807, 2.05) is 18.2 Å². The highest BCUT2D eigenvalue weighted by molar-refractivity contribution is 5.44. The number of hydrogen-bond donors (Lipinski definition) is 1. The number of aliphatic hydroxyl groups excluding tert-OH is 1. The highest BCUT2D eigenvalue weighted by atomic mass is 16.6. The van der Waals surface area contributed by atoms with Crippen LogP contribution in [0.3, 0.4) is 0 Å². The third-order valence-electron chi connectivity index (χ3n) is 4.17. The largest absolute Gasteiger partial charge is 0.486 e. The summed E-state index contributed by atoms with van der Waals surface area (Å²) in [6, 6.07) is 5.69. The van der Waals surface area contributed by atoms with Crippen molar-refractivity contribution in [2.75, 3.05) is 32.8 Å². The van der Waals surface area contributed by atoms with Gasteiger partial charge in [0.25, 0.3) is 0 Å². The molecule has 1 N–H and O–H groups in total. The number of benzene rings is 1. The minimum Gasteiger partial charge on any atom is -0.486 e. The van der Waals surface area contributed by atoms with Crippen LogP contribution in [-0.4, -0.2) is 55.1 Å². The van der Waals surface area contributed by atoms with Crippen molar-refractivity contribution in [3.63, 3.8) is 0 Å². The third kappa shape index (κ3) is 3.72. The van der Waals surface area contributed by atoms with Crippen LogP contribution in [0.4, 0.5) is 0 Å². The summed E-state index contributed by atoms with van der Waals surface area (Å²) in [6.45, 7) is 8.07. The Labute approximate surface area is 131 Å². The van der Waals surface area contributed by atoms with Gasteiger partial charge in [-0.2, -0.15) is 0 Å². The molecule has 2 aliphatic heterocycles. The molecule has 22 heavy (non-hydrogen) atoms. The van der Waals surface area contributed by atoms with E-state index in [4.69, 9.17) is 14.2 Å². The number of hydrogen-bond acceptors (Lipinski definition) is 5. The zero-order valence-corrected chi connectivity index (χ0v) is 13.3. The van der Waals surface area contributed by atoms with Crippen molar-refractivity contribution in [2.24, 2.45) is 0 Å². The SMILES string of the molecule is CC1CN(CCC(O)c2ccc3c(c2)OCCO3)CC(C)O1. The zero-order chi connectivity index (χ0) is 15.5. The molecule has 5 heteroatoms. The summed E-state index contributed by atoms with van der Waals surface area (Å²) in [5.74, 6) is 1.49. The van der Waals surface area contributed by atoms with Gasteiger partial charge in [-0.05, 0) is 38.0 Å². The Morgan fingerprint density at radius 3 is 2.55 bits per heavy atom. The van der Waals surface area contributed by atoms with Crippen LogP contribution in [0.15, 0.2) is 18.2 Å². The number of nitrogens with zero attached hydrogens (tertiary/aromatic N) is 1. The number of aliphatic hydroxyl groups is 1. The number of rotatable bonds is 4. The van der Waals surface area contributed by atoms with Gasteiger partial charge in [0.1, 0.15) is 13.2 Å². The van der Waals surface area contributed by atoms with Crippen molar-refractivity contribution in [1.82, 2.24) is 4.90 Å². The molecule has 122 valence electrons. The van der Waals surface area contributed by atoms with Crippen molar-refractivity contribution in [3.8, 4) is 11.5 Å². The van der Waals surface area contributed by atoms with Crippen LogP contribution in [0.1, 0.15) is 31.9 Å². The van der Waals surface area contributed by atoms with Crippen LogP contribution in [0.5, 0.6) is 11.5 Å². The maximum absolute atomic E-state index is 10.4. The van der Waals surface area contributed by atoms with Gasteiger partial charge in [0, 0.05) is 19.6 Å². The highest BCUT2D eigenvalue weighted by Crippen LogP contribution is 2.33. The maximum Gasteiger partial charge on any atom is 0.161 e. The van der Waals surface area contributed by atoms with Crippen LogP contribution in [-0.2, 0) is 4.74 Å². The van der Waals surface area contributed by atoms with Crippen LogP contribution in [0.25, 0.3) is 0 Å². The predicted molar refractivity (Wildman–Crippen MR) is 83.5 cm³/mol. The molecule has 3 atom stereocenters. The van der Waals surface area contributed by atoms with Crippen LogP contribution >= 0.6 is 0 Å². The fourth-order valence-corrected chi connectivity index (χ4v) is 3.21. The summed E-state index contributed by atoms with van der Waals surface area (Å²) in [4.78, 5) is 2.36. The van der Waals surface area contributed by atoms with E-state index in [9.17, 15) is 5.11 Å². The first-order chi connectivity index (χ1) is 10.6. The van der Waals surface area contributed by atoms with Gasteiger partial charge in [-0.15, -0.1) is 0 Å². The normalized spacial score (nSPS) is 26.7. The van der Waals surface area contributed by atoms with Gasteiger partial charge in [-0.1, -0.05) is 6.07 Å². The van der Waals surface area contributed by atoms with Crippen LogP contribution in [0.2, 0.25) is 0 Å². The Morgan fingerprint density at radius 1 is 1.14 bits per heavy atom. The Kier molecular flexibility index (Phi) is 4.86. The van der Waals surface area contributed by atoms with E-state index < -0.39 is 6.10 Å². The molecule has 3 unspecified atom stereocenters. The molecule has 1 aromatic carbocycles. The van der Waals surface area contributed by atoms with E-state index in [0.29, 0.717) is 19.6 Å². The predicted octanol–water partition coefficient (Wildman–Crippen LogP) is 1.99. The minimum atomic E-state index is -0.482. The molecule has 5 nitrogen and oxygen atoms in total. The average Bonchev–Trinajstić information content (AvgIpc) is 2.51. The van der Waals surface area contributed by atoms with Crippen molar-refractivity contribution in [3.05, 3.63) is 23.8 Å². The molecule has 0 aromatic heterocycles. The first-order valence-electron chi connectivity index (χ1n) is 8.07. The molecule has 1 fully saturated rings. The lowest BCUT2D eigenvalue weighted by molar-refractivity contribution is -0.0702. The second kappa shape index (κ2) is 6.86. The Bertz CT molecular complexity index is 497. The van der Waals surface area contributed by atoms with Crippen molar-refractivity contribution >= 4 is 0 Å². The topological polar surface area (TPSA) is 51.2 Å². The molecule has 3 rings (SSSR count). The van der Waals surface area contributed by atoms with Crippen molar-refractivity contribution in [2.45, 2.75) is 38.6 Å². The zero-order valence-electron chi connectivity index (χ0n) is 13.3. The van der Waals surface area contributed by atoms with E-state index in [0.717, 1.165) is 36.7 Å². The lowest BCUT2D eigenvalue weighted by atomic mass is 10.0. The number of morpholine rings is 1. The van der Waals surface area contributed by atoms with Gasteiger partial charge < -0.3 is 19.3 Å². The maximum atomic E-state index is 10.4. The quantitative estimate of drug-likeness (QED) is 0.922. The molecule has 0 bridgehead atoms. The molecular formula is C17H25NO4. The fraction of sp³-hybridized carbons (Fsp3) is 0.647. The summed E-state index contributed by atoms with van der Waals surface area (Å²) in [5, 5.41) is 10.4. The molecule has 1 saturated heterocycles. The van der Waals surface area contributed by atoms with E-state index >= 15 is 0 Å². The molecule has 0 aliphatic carbocycles. The Hall–Kier alpha value is -1.30. The Balaban J connectivity index is 1.56. The monoisotopic (exact) mass is 307 g/mol. The van der Waals surface area contributed by atoms with E-state index in [-0.39, 0.29) is 12.2 Å². The summed E-state index contributed by atoms with van der Waals surface area (Å²) < 4.78 is 16.8. The van der Waals surface area contributed by atoms with E-state index in [2.05, 4.69) is 18.7 Å². The van der Waals surface area contributed by atoms with Gasteiger partial charge in [0.15, 0.2) is 11.5 Å². The Morgan fingerprint density at radius 2 is 1.82 bits per heavy atom. The molecule has 0 radical (unpaired) electrons. The van der Waals surface area contributed by atoms with Gasteiger partial charge in [-0.3, -0.25) is 4.90 Å². The highest BCUT2D eigenvalue weighted by Gasteiger charge is 2.23. The molecular weight excluding hydrogens is 282 g/mol. The molecule has 2 heterocycles. The minimum absolute atomic E-state index is 0.259. The van der Waals surface area contributed by atoms with Crippen molar-refractivity contribution in [1.29, 1.82) is 0 Å². The average molecular weight is 307 g/mol. The third-order valence-corrected chi connectivity index (χ3v) is 4.17. The van der Waals surface area contributed by atoms with Crippen molar-refractivity contribution < 1.29 is 19.3 Å². The smallest absolute Gasteiger partial charge is 0.161 e. The number of fused-ring (bicyclic) bond motifs is 1. The van der Waals surface area contributed by atoms with Gasteiger partial charge in [0.2, 0.25) is 0 Å². The second-order valence-electron chi connectivity index (χ2n) is 6.22. The van der Waals surface area contributed by atoms with E-state index in [1.165, 1.54) is 0 Å². The summed E-state index contributed by atoms with van der Waals surface area (Å²) in [7, 11) is 0. The van der Waals surface area contributed by atoms with Gasteiger partial charge >= 0.3 is 0 Å². The van der Waals surface area contributed by atoms with Crippen LogP contribution < -0.4 is 9.47 Å². The first-order valence-corrected chi connectivity index (χ1v) is 8.07. The standard InChI is InChI=1S/C17H25NO4/c1-12-10-18(11-13(2)22-12)6-5-15(19)14-3-4-16-17(9-14)21-8-7-20-16/h3-4,9,12-13,15,19H,5-8,10-11H2,1-2H3. The molecule has 0 saturated carbocycles. The summed E-state index contributed by atoms with van der Waals surface area (Å²) in [6.07, 6.45) is 0.744. The van der Waals surface area contributed by atoms with Gasteiger partial charge in [0.05, 0.1) is 18.3 Å². The lowest BCUT2D eigenvalue weighted by Crippen LogP contribution is -2.45. The molecule has 2 aliphatic rings. The summed E-state index contributed by atoms with van der Waals surface area (Å²) >= 11 is 0. The fourth-order valence-electron chi connectivity index (χ4n) is 3.21. The van der Waals surface area contributed by atoms with Gasteiger partial charge in [-0.25, -0.2) is 0 Å². The lowest BCUT2D eigenvalue weighted by Gasteiger charge is -2.35.